The topological polar surface area (TPSA) is 86.7 Å². The average Bonchev–Trinajstić information content (AvgIpc) is 2.27. The van der Waals surface area contributed by atoms with Crippen molar-refractivity contribution < 1.29 is 15.3 Å². The Balaban J connectivity index is 2.75. The Morgan fingerprint density at radius 2 is 1.71 bits per heavy atom. The minimum Gasteiger partial charge on any atom is -0.394 e. The third-order valence-corrected chi connectivity index (χ3v) is 2.11. The zero-order valence-electron chi connectivity index (χ0n) is 7.80. The summed E-state index contributed by atoms with van der Waals surface area (Å²) in [5, 5.41) is 27.3. The molecule has 0 amide bonds. The van der Waals surface area contributed by atoms with Gasteiger partial charge in [0.25, 0.3) is 0 Å². The van der Waals surface area contributed by atoms with Gasteiger partial charge in [0.1, 0.15) is 12.2 Å². The predicted molar refractivity (Wildman–Crippen MR) is 52.4 cm³/mol. The highest BCUT2D eigenvalue weighted by molar-refractivity contribution is 5.24. The highest BCUT2D eigenvalue weighted by Gasteiger charge is 2.16. The maximum atomic E-state index is 9.51. The Hall–Kier alpha value is -0.940. The highest BCUT2D eigenvalue weighted by Crippen LogP contribution is 2.17. The molecule has 4 heteroatoms. The largest absolute Gasteiger partial charge is 0.394 e. The van der Waals surface area contributed by atoms with Gasteiger partial charge in [-0.05, 0) is 11.1 Å². The van der Waals surface area contributed by atoms with E-state index < -0.39 is 18.8 Å². The van der Waals surface area contributed by atoms with Gasteiger partial charge in [0, 0.05) is 6.54 Å². The van der Waals surface area contributed by atoms with Gasteiger partial charge in [0.15, 0.2) is 0 Å². The van der Waals surface area contributed by atoms with E-state index in [2.05, 4.69) is 0 Å². The monoisotopic (exact) mass is 197 g/mol. The molecule has 2 atom stereocenters. The van der Waals surface area contributed by atoms with Crippen LogP contribution >= 0.6 is 0 Å². The first-order valence-corrected chi connectivity index (χ1v) is 4.45. The Morgan fingerprint density at radius 3 is 2.14 bits per heavy atom. The van der Waals surface area contributed by atoms with Crippen LogP contribution in [0, 0.1) is 0 Å². The van der Waals surface area contributed by atoms with E-state index in [4.69, 9.17) is 10.8 Å². The van der Waals surface area contributed by atoms with E-state index in [1.165, 1.54) is 0 Å². The maximum Gasteiger partial charge on any atom is 0.107 e. The number of aliphatic hydroxyl groups excluding tert-OH is 3. The first-order chi connectivity index (χ1) is 6.69. The van der Waals surface area contributed by atoms with E-state index >= 15 is 0 Å². The Kier molecular flexibility index (Phi) is 4.03. The first kappa shape index (κ1) is 11.1. The lowest BCUT2D eigenvalue weighted by Crippen LogP contribution is -2.21. The molecule has 0 spiro atoms. The summed E-state index contributed by atoms with van der Waals surface area (Å²) in [7, 11) is 0. The molecule has 1 aromatic rings. The molecular formula is C10H15NO3. The average molecular weight is 197 g/mol. The van der Waals surface area contributed by atoms with Crippen molar-refractivity contribution in [3.63, 3.8) is 0 Å². The van der Waals surface area contributed by atoms with Gasteiger partial charge >= 0.3 is 0 Å². The van der Waals surface area contributed by atoms with E-state index in [-0.39, 0.29) is 0 Å². The molecule has 2 unspecified atom stereocenters. The molecule has 4 nitrogen and oxygen atoms in total. The predicted octanol–water partition coefficient (Wildman–Crippen LogP) is -0.468. The van der Waals surface area contributed by atoms with Gasteiger partial charge in [-0.15, -0.1) is 0 Å². The minimum absolute atomic E-state index is 0.443. The van der Waals surface area contributed by atoms with Crippen molar-refractivity contribution in [1.82, 2.24) is 0 Å². The number of benzene rings is 1. The summed E-state index contributed by atoms with van der Waals surface area (Å²) >= 11 is 0. The fourth-order valence-electron chi connectivity index (χ4n) is 1.17. The van der Waals surface area contributed by atoms with Gasteiger partial charge < -0.3 is 21.1 Å². The zero-order chi connectivity index (χ0) is 10.6. The summed E-state index contributed by atoms with van der Waals surface area (Å²) in [6.07, 6.45) is -2.19. The van der Waals surface area contributed by atoms with Crippen molar-refractivity contribution in [2.75, 3.05) is 6.61 Å². The normalized spacial score (nSPS) is 15.1. The summed E-state index contributed by atoms with van der Waals surface area (Å²) in [6.45, 7) is -0.0151. The first-order valence-electron chi connectivity index (χ1n) is 4.45. The molecule has 0 fully saturated rings. The lowest BCUT2D eigenvalue weighted by molar-refractivity contribution is -0.0152. The standard InChI is InChI=1S/C10H15NO3/c11-5-7-1-3-8(4-2-7)10(14)9(13)6-12/h1-4,9-10,12-14H,5-6,11H2. The molecule has 0 aromatic heterocycles. The Bertz CT molecular complexity index is 273. The van der Waals surface area contributed by atoms with Crippen LogP contribution < -0.4 is 5.73 Å². The van der Waals surface area contributed by atoms with Crippen LogP contribution in [0.2, 0.25) is 0 Å². The second-order valence-electron chi connectivity index (χ2n) is 3.14. The maximum absolute atomic E-state index is 9.51. The molecule has 0 aliphatic rings. The molecule has 0 heterocycles. The van der Waals surface area contributed by atoms with E-state index in [0.717, 1.165) is 5.56 Å². The van der Waals surface area contributed by atoms with Crippen LogP contribution in [0.25, 0.3) is 0 Å². The molecule has 0 bridgehead atoms. The Labute approximate surface area is 82.6 Å². The van der Waals surface area contributed by atoms with Crippen molar-refractivity contribution in [1.29, 1.82) is 0 Å². The van der Waals surface area contributed by atoms with Crippen molar-refractivity contribution >= 4 is 0 Å². The van der Waals surface area contributed by atoms with Gasteiger partial charge in [0.05, 0.1) is 6.61 Å². The quantitative estimate of drug-likeness (QED) is 0.525. The molecule has 0 saturated heterocycles. The molecule has 0 aliphatic heterocycles. The van der Waals surface area contributed by atoms with Crippen LogP contribution in [0.3, 0.4) is 0 Å². The molecular weight excluding hydrogens is 182 g/mol. The zero-order valence-corrected chi connectivity index (χ0v) is 7.80. The summed E-state index contributed by atoms with van der Waals surface area (Å²) in [4.78, 5) is 0. The van der Waals surface area contributed by atoms with Gasteiger partial charge in [-0.2, -0.15) is 0 Å². The lowest BCUT2D eigenvalue weighted by Gasteiger charge is -2.15. The van der Waals surface area contributed by atoms with E-state index in [0.29, 0.717) is 12.1 Å². The minimum atomic E-state index is -1.14. The number of nitrogens with two attached hydrogens (primary N) is 1. The Morgan fingerprint density at radius 1 is 1.14 bits per heavy atom. The molecule has 78 valence electrons. The van der Waals surface area contributed by atoms with Gasteiger partial charge in [-0.25, -0.2) is 0 Å². The SMILES string of the molecule is NCc1ccc(C(O)C(O)CO)cc1. The second-order valence-corrected chi connectivity index (χ2v) is 3.14. The van der Waals surface area contributed by atoms with Crippen LogP contribution in [-0.2, 0) is 6.54 Å². The number of aliphatic hydroxyl groups is 3. The van der Waals surface area contributed by atoms with E-state index in [9.17, 15) is 10.2 Å². The van der Waals surface area contributed by atoms with Crippen LogP contribution in [0.15, 0.2) is 24.3 Å². The van der Waals surface area contributed by atoms with E-state index in [1.54, 1.807) is 24.3 Å². The molecule has 5 N–H and O–H groups in total. The summed E-state index contributed by atoms with van der Waals surface area (Å²) in [5.41, 5.74) is 6.94. The van der Waals surface area contributed by atoms with E-state index in [1.807, 2.05) is 0 Å². The molecule has 0 radical (unpaired) electrons. The summed E-state index contributed by atoms with van der Waals surface area (Å²) in [5.74, 6) is 0. The molecule has 1 aromatic carbocycles. The fraction of sp³-hybridized carbons (Fsp3) is 0.400. The molecule has 0 aliphatic carbocycles. The smallest absolute Gasteiger partial charge is 0.107 e. The van der Waals surface area contributed by atoms with Crippen LogP contribution in [-0.4, -0.2) is 28.0 Å². The lowest BCUT2D eigenvalue weighted by atomic mass is 10.0. The summed E-state index contributed by atoms with van der Waals surface area (Å²) < 4.78 is 0. The van der Waals surface area contributed by atoms with Crippen molar-refractivity contribution in [3.8, 4) is 0 Å². The third-order valence-electron chi connectivity index (χ3n) is 2.11. The number of hydrogen-bond donors (Lipinski definition) is 4. The molecule has 1 rings (SSSR count). The second kappa shape index (κ2) is 5.07. The van der Waals surface area contributed by atoms with Gasteiger partial charge in [0.2, 0.25) is 0 Å². The van der Waals surface area contributed by atoms with Crippen LogP contribution in [0.1, 0.15) is 17.2 Å². The van der Waals surface area contributed by atoms with Crippen molar-refractivity contribution in [2.45, 2.75) is 18.8 Å². The fourth-order valence-corrected chi connectivity index (χ4v) is 1.17. The van der Waals surface area contributed by atoms with Crippen molar-refractivity contribution in [2.24, 2.45) is 5.73 Å². The van der Waals surface area contributed by atoms with Crippen LogP contribution in [0.5, 0.6) is 0 Å². The number of rotatable bonds is 4. The highest BCUT2D eigenvalue weighted by atomic mass is 16.4. The summed E-state index contributed by atoms with van der Waals surface area (Å²) in [6, 6.07) is 6.93. The molecule has 0 saturated carbocycles. The number of hydrogen-bond acceptors (Lipinski definition) is 4. The van der Waals surface area contributed by atoms with Crippen LogP contribution in [0.4, 0.5) is 0 Å². The van der Waals surface area contributed by atoms with Crippen molar-refractivity contribution in [3.05, 3.63) is 35.4 Å². The third kappa shape index (κ3) is 2.52. The molecule has 14 heavy (non-hydrogen) atoms. The van der Waals surface area contributed by atoms with Gasteiger partial charge in [-0.1, -0.05) is 24.3 Å². The van der Waals surface area contributed by atoms with Gasteiger partial charge in [-0.3, -0.25) is 0 Å².